The number of amides is 1. The number of rotatable bonds is 4. The summed E-state index contributed by atoms with van der Waals surface area (Å²) in [7, 11) is 0. The molecule has 14 heavy (non-hydrogen) atoms. The van der Waals surface area contributed by atoms with Crippen LogP contribution in [-0.2, 0) is 0 Å². The molecule has 5 heteroatoms. The molecular weight excluding hydrogens is 246 g/mol. The van der Waals surface area contributed by atoms with Gasteiger partial charge in [0.1, 0.15) is 0 Å². The smallest absolute Gasteiger partial charge is 0.252 e. The van der Waals surface area contributed by atoms with Gasteiger partial charge in [-0.3, -0.25) is 9.78 Å². The number of primary amides is 1. The van der Waals surface area contributed by atoms with Gasteiger partial charge in [-0.2, -0.15) is 0 Å². The van der Waals surface area contributed by atoms with Gasteiger partial charge in [0.15, 0.2) is 0 Å². The molecule has 0 aromatic carbocycles. The van der Waals surface area contributed by atoms with Crippen molar-refractivity contribution < 1.29 is 4.79 Å². The van der Waals surface area contributed by atoms with Crippen LogP contribution in [0.2, 0.25) is 0 Å². The van der Waals surface area contributed by atoms with Crippen LogP contribution in [0, 0.1) is 0 Å². The van der Waals surface area contributed by atoms with Gasteiger partial charge in [0.25, 0.3) is 5.91 Å². The van der Waals surface area contributed by atoms with E-state index in [4.69, 9.17) is 5.73 Å². The molecule has 1 heterocycles. The van der Waals surface area contributed by atoms with Gasteiger partial charge in [0.05, 0.1) is 11.3 Å². The lowest BCUT2D eigenvalue weighted by Gasteiger charge is -2.07. The summed E-state index contributed by atoms with van der Waals surface area (Å²) >= 11 is 3.20. The summed E-state index contributed by atoms with van der Waals surface area (Å²) in [6.07, 6.45) is 3.02. The maximum atomic E-state index is 11.0. The molecule has 74 valence electrons. The third kappa shape index (κ3) is 2.85. The van der Waals surface area contributed by atoms with E-state index in [0.29, 0.717) is 17.8 Å². The van der Waals surface area contributed by atoms with Crippen LogP contribution < -0.4 is 11.1 Å². The monoisotopic (exact) mass is 255 g/mol. The molecule has 1 aromatic heterocycles. The highest BCUT2D eigenvalue weighted by Crippen LogP contribution is 2.13. The first-order chi connectivity index (χ1) is 6.61. The predicted molar refractivity (Wildman–Crippen MR) is 59.3 cm³/mol. The van der Waals surface area contributed by atoms with E-state index < -0.39 is 5.91 Å². The largest absolute Gasteiger partial charge is 0.380 e. The van der Waals surface area contributed by atoms with E-state index in [0.717, 1.165) is 4.48 Å². The molecule has 0 bridgehead atoms. The molecule has 0 aliphatic heterocycles. The lowest BCUT2D eigenvalue weighted by molar-refractivity contribution is 0.100. The van der Waals surface area contributed by atoms with Crippen molar-refractivity contribution in [1.82, 2.24) is 4.98 Å². The Morgan fingerprint density at radius 2 is 2.43 bits per heavy atom. The Morgan fingerprint density at radius 1 is 1.71 bits per heavy atom. The fraction of sp³-hybridized carbons (Fsp3) is 0.111. The maximum absolute atomic E-state index is 11.0. The molecule has 0 aliphatic rings. The van der Waals surface area contributed by atoms with Crippen LogP contribution >= 0.6 is 15.9 Å². The van der Waals surface area contributed by atoms with E-state index in [-0.39, 0.29) is 0 Å². The van der Waals surface area contributed by atoms with Crippen LogP contribution in [0.25, 0.3) is 0 Å². The highest BCUT2D eigenvalue weighted by atomic mass is 79.9. The second-order valence-electron chi connectivity index (χ2n) is 2.66. The van der Waals surface area contributed by atoms with Gasteiger partial charge in [-0.1, -0.05) is 22.5 Å². The quantitative estimate of drug-likeness (QED) is 0.857. The standard InChI is InChI=1S/C9H10BrN3O/c1-6(10)4-13-8-2-3-12-5-7(8)9(11)14/h2-3,5H,1,4H2,(H2,11,14)(H,12,13). The molecule has 1 aromatic rings. The third-order valence-corrected chi connectivity index (χ3v) is 1.84. The van der Waals surface area contributed by atoms with Gasteiger partial charge >= 0.3 is 0 Å². The van der Waals surface area contributed by atoms with Crippen molar-refractivity contribution in [3.05, 3.63) is 35.1 Å². The van der Waals surface area contributed by atoms with Gasteiger partial charge in [-0.25, -0.2) is 0 Å². The zero-order valence-corrected chi connectivity index (χ0v) is 9.04. The van der Waals surface area contributed by atoms with E-state index in [9.17, 15) is 4.79 Å². The summed E-state index contributed by atoms with van der Waals surface area (Å²) in [6, 6.07) is 1.69. The van der Waals surface area contributed by atoms with Crippen LogP contribution in [0.1, 0.15) is 10.4 Å². The summed E-state index contributed by atoms with van der Waals surface area (Å²) in [6.45, 7) is 4.20. The van der Waals surface area contributed by atoms with E-state index in [1.807, 2.05) is 0 Å². The fourth-order valence-electron chi connectivity index (χ4n) is 0.936. The molecular formula is C9H10BrN3O. The number of halogens is 1. The highest BCUT2D eigenvalue weighted by molar-refractivity contribution is 9.11. The molecule has 0 radical (unpaired) electrons. The minimum atomic E-state index is -0.499. The van der Waals surface area contributed by atoms with Crippen LogP contribution in [0.4, 0.5) is 5.69 Å². The van der Waals surface area contributed by atoms with Crippen LogP contribution in [-0.4, -0.2) is 17.4 Å². The molecule has 0 atom stereocenters. The average Bonchev–Trinajstić information content (AvgIpc) is 2.15. The third-order valence-electron chi connectivity index (χ3n) is 1.56. The molecule has 0 aliphatic carbocycles. The van der Waals surface area contributed by atoms with Crippen LogP contribution in [0.5, 0.6) is 0 Å². The zero-order valence-electron chi connectivity index (χ0n) is 7.46. The van der Waals surface area contributed by atoms with Crippen LogP contribution in [0.15, 0.2) is 29.5 Å². The van der Waals surface area contributed by atoms with Crippen molar-refractivity contribution >= 4 is 27.5 Å². The van der Waals surface area contributed by atoms with Crippen molar-refractivity contribution in [2.45, 2.75) is 0 Å². The van der Waals surface area contributed by atoms with Gasteiger partial charge in [-0.15, -0.1) is 0 Å². The Bertz CT molecular complexity index is 365. The summed E-state index contributed by atoms with van der Waals surface area (Å²) in [5.41, 5.74) is 6.20. The fourth-order valence-corrected chi connectivity index (χ4v) is 1.08. The number of anilines is 1. The number of pyridine rings is 1. The Hall–Kier alpha value is -1.36. The lowest BCUT2D eigenvalue weighted by atomic mass is 10.2. The first-order valence-corrected chi connectivity index (χ1v) is 4.71. The number of carbonyl (C=O) groups is 1. The number of nitrogens with zero attached hydrogens (tertiary/aromatic N) is 1. The second-order valence-corrected chi connectivity index (χ2v) is 3.78. The number of aromatic nitrogens is 1. The SMILES string of the molecule is C=C(Br)CNc1ccncc1C(N)=O. The summed E-state index contributed by atoms with van der Waals surface area (Å²) in [5, 5.41) is 3.01. The van der Waals surface area contributed by atoms with Crippen molar-refractivity contribution in [2.75, 3.05) is 11.9 Å². The molecule has 3 N–H and O–H groups in total. The average molecular weight is 256 g/mol. The number of hydrogen-bond acceptors (Lipinski definition) is 3. The highest BCUT2D eigenvalue weighted by Gasteiger charge is 2.06. The van der Waals surface area contributed by atoms with Crippen molar-refractivity contribution in [3.63, 3.8) is 0 Å². The molecule has 1 amide bonds. The molecule has 4 nitrogen and oxygen atoms in total. The number of carbonyl (C=O) groups excluding carboxylic acids is 1. The van der Waals surface area contributed by atoms with Gasteiger partial charge in [-0.05, 0) is 6.07 Å². The molecule has 0 saturated carbocycles. The lowest BCUT2D eigenvalue weighted by Crippen LogP contribution is -2.15. The first kappa shape index (κ1) is 10.7. The van der Waals surface area contributed by atoms with Gasteiger partial charge in [0.2, 0.25) is 0 Å². The topological polar surface area (TPSA) is 68.0 Å². The molecule has 0 spiro atoms. The summed E-state index contributed by atoms with van der Waals surface area (Å²) in [4.78, 5) is 14.8. The molecule has 0 saturated heterocycles. The second kappa shape index (κ2) is 4.76. The number of nitrogens with two attached hydrogens (primary N) is 1. The molecule has 0 unspecified atom stereocenters. The minimum Gasteiger partial charge on any atom is -0.380 e. The zero-order chi connectivity index (χ0) is 10.6. The van der Waals surface area contributed by atoms with E-state index in [1.165, 1.54) is 6.20 Å². The Kier molecular flexibility index (Phi) is 3.64. The first-order valence-electron chi connectivity index (χ1n) is 3.92. The Labute approximate surface area is 90.3 Å². The van der Waals surface area contributed by atoms with Crippen LogP contribution in [0.3, 0.4) is 0 Å². The summed E-state index contributed by atoms with van der Waals surface area (Å²) in [5.74, 6) is -0.499. The predicted octanol–water partition coefficient (Wildman–Crippen LogP) is 1.50. The maximum Gasteiger partial charge on any atom is 0.252 e. The summed E-state index contributed by atoms with van der Waals surface area (Å²) < 4.78 is 0.796. The van der Waals surface area contributed by atoms with E-state index >= 15 is 0 Å². The van der Waals surface area contributed by atoms with E-state index in [1.54, 1.807) is 12.3 Å². The van der Waals surface area contributed by atoms with Crippen molar-refractivity contribution in [2.24, 2.45) is 5.73 Å². The molecule has 1 rings (SSSR count). The van der Waals surface area contributed by atoms with Gasteiger partial charge in [0, 0.05) is 23.4 Å². The Morgan fingerprint density at radius 3 is 3.00 bits per heavy atom. The van der Waals surface area contributed by atoms with Crippen molar-refractivity contribution in [1.29, 1.82) is 0 Å². The molecule has 0 fully saturated rings. The Balaban J connectivity index is 2.84. The number of hydrogen-bond donors (Lipinski definition) is 2. The normalized spacial score (nSPS) is 9.50. The van der Waals surface area contributed by atoms with Gasteiger partial charge < -0.3 is 11.1 Å². The van der Waals surface area contributed by atoms with Crippen molar-refractivity contribution in [3.8, 4) is 0 Å². The number of nitrogens with one attached hydrogen (secondary N) is 1. The minimum absolute atomic E-state index is 0.376. The van der Waals surface area contributed by atoms with E-state index in [2.05, 4.69) is 32.8 Å².